The summed E-state index contributed by atoms with van der Waals surface area (Å²) in [5.74, 6) is 0.143. The van der Waals surface area contributed by atoms with Crippen molar-refractivity contribution in [3.05, 3.63) is 11.6 Å². The van der Waals surface area contributed by atoms with Gasteiger partial charge in [0.15, 0.2) is 5.79 Å². The molecule has 0 amide bonds. The van der Waals surface area contributed by atoms with E-state index in [1.165, 1.54) is 24.8 Å². The molecule has 1 aliphatic heterocycles. The zero-order valence-electron chi connectivity index (χ0n) is 8.51. The van der Waals surface area contributed by atoms with Crippen molar-refractivity contribution in [3.63, 3.8) is 0 Å². The highest BCUT2D eigenvalue weighted by atomic mass is 16.7. The number of rotatable bonds is 1. The molecule has 0 aromatic rings. The Balaban J connectivity index is 2.14. The van der Waals surface area contributed by atoms with E-state index in [1.54, 1.807) is 0 Å². The van der Waals surface area contributed by atoms with Gasteiger partial charge in [-0.1, -0.05) is 11.6 Å². The minimum Gasteiger partial charge on any atom is -0.347 e. The van der Waals surface area contributed by atoms with Crippen LogP contribution in [0.5, 0.6) is 0 Å². The van der Waals surface area contributed by atoms with Crippen LogP contribution >= 0.6 is 0 Å². The van der Waals surface area contributed by atoms with Crippen molar-refractivity contribution < 1.29 is 9.47 Å². The molecule has 1 atom stereocenters. The molecule has 2 aliphatic rings. The summed E-state index contributed by atoms with van der Waals surface area (Å²) in [6, 6.07) is 0. The summed E-state index contributed by atoms with van der Waals surface area (Å²) in [6.45, 7) is 5.77. The Morgan fingerprint density at radius 1 is 1.38 bits per heavy atom. The van der Waals surface area contributed by atoms with Crippen LogP contribution in [0, 0.1) is 5.92 Å². The fourth-order valence-electron chi connectivity index (χ4n) is 2.43. The molecular weight excluding hydrogens is 164 g/mol. The third kappa shape index (κ3) is 1.65. The fraction of sp³-hybridized carbons (Fsp3) is 0.818. The zero-order chi connectivity index (χ0) is 9.31. The van der Waals surface area contributed by atoms with E-state index in [-0.39, 0.29) is 5.79 Å². The van der Waals surface area contributed by atoms with E-state index in [2.05, 4.69) is 19.9 Å². The number of hydrogen-bond acceptors (Lipinski definition) is 2. The molecule has 1 aliphatic carbocycles. The standard InChI is InChI=1S/C11H18O2/c1-9-5-3-4-6-10(9)11(2)12-7-8-13-11/h5,10H,3-4,6-8H2,1-2H3. The van der Waals surface area contributed by atoms with Crippen molar-refractivity contribution >= 4 is 0 Å². The summed E-state index contributed by atoms with van der Waals surface area (Å²) in [4.78, 5) is 0. The molecule has 0 bridgehead atoms. The van der Waals surface area contributed by atoms with Crippen LogP contribution in [0.4, 0.5) is 0 Å². The number of hydrogen-bond donors (Lipinski definition) is 0. The second-order valence-corrected chi connectivity index (χ2v) is 4.14. The van der Waals surface area contributed by atoms with Crippen molar-refractivity contribution in [3.8, 4) is 0 Å². The SMILES string of the molecule is CC1=CCCCC1C1(C)OCCO1. The lowest BCUT2D eigenvalue weighted by atomic mass is 9.83. The molecule has 1 heterocycles. The average Bonchev–Trinajstić information content (AvgIpc) is 2.54. The van der Waals surface area contributed by atoms with Crippen LogP contribution in [-0.2, 0) is 9.47 Å². The molecular formula is C11H18O2. The highest BCUT2D eigenvalue weighted by Gasteiger charge is 2.40. The molecule has 0 saturated carbocycles. The summed E-state index contributed by atoms with van der Waals surface area (Å²) in [6.07, 6.45) is 6.02. The van der Waals surface area contributed by atoms with Gasteiger partial charge in [-0.25, -0.2) is 0 Å². The Morgan fingerprint density at radius 3 is 2.69 bits per heavy atom. The normalized spacial score (nSPS) is 33.1. The summed E-state index contributed by atoms with van der Waals surface area (Å²) < 4.78 is 11.4. The van der Waals surface area contributed by atoms with E-state index in [9.17, 15) is 0 Å². The first kappa shape index (κ1) is 9.22. The second kappa shape index (κ2) is 3.43. The van der Waals surface area contributed by atoms with Crippen molar-refractivity contribution in [2.45, 2.75) is 38.9 Å². The van der Waals surface area contributed by atoms with Gasteiger partial charge in [0.2, 0.25) is 0 Å². The molecule has 0 aromatic carbocycles. The Kier molecular flexibility index (Phi) is 2.43. The van der Waals surface area contributed by atoms with Gasteiger partial charge >= 0.3 is 0 Å². The zero-order valence-corrected chi connectivity index (χ0v) is 8.51. The predicted molar refractivity (Wildman–Crippen MR) is 51.4 cm³/mol. The van der Waals surface area contributed by atoms with Gasteiger partial charge in [0.25, 0.3) is 0 Å². The maximum atomic E-state index is 5.69. The summed E-state index contributed by atoms with van der Waals surface area (Å²) in [5.41, 5.74) is 1.44. The molecule has 1 saturated heterocycles. The van der Waals surface area contributed by atoms with E-state index >= 15 is 0 Å². The predicted octanol–water partition coefficient (Wildman–Crippen LogP) is 2.50. The number of allylic oxidation sites excluding steroid dienone is 1. The molecule has 2 rings (SSSR count). The Hall–Kier alpha value is -0.340. The summed E-state index contributed by atoms with van der Waals surface area (Å²) in [7, 11) is 0. The van der Waals surface area contributed by atoms with Crippen LogP contribution in [0.15, 0.2) is 11.6 Å². The highest BCUT2D eigenvalue weighted by molar-refractivity contribution is 5.11. The monoisotopic (exact) mass is 182 g/mol. The van der Waals surface area contributed by atoms with Crippen LogP contribution in [-0.4, -0.2) is 19.0 Å². The summed E-state index contributed by atoms with van der Waals surface area (Å²) in [5, 5.41) is 0. The lowest BCUT2D eigenvalue weighted by molar-refractivity contribution is -0.174. The van der Waals surface area contributed by atoms with Gasteiger partial charge in [-0.2, -0.15) is 0 Å². The molecule has 13 heavy (non-hydrogen) atoms. The molecule has 0 aromatic heterocycles. The van der Waals surface area contributed by atoms with Gasteiger partial charge in [0, 0.05) is 5.92 Å². The smallest absolute Gasteiger partial charge is 0.172 e. The van der Waals surface area contributed by atoms with Gasteiger partial charge in [-0.15, -0.1) is 0 Å². The highest BCUT2D eigenvalue weighted by Crippen LogP contribution is 2.38. The molecule has 1 unspecified atom stereocenters. The van der Waals surface area contributed by atoms with Gasteiger partial charge in [0.1, 0.15) is 0 Å². The van der Waals surface area contributed by atoms with Crippen LogP contribution in [0.1, 0.15) is 33.1 Å². The lowest BCUT2D eigenvalue weighted by Crippen LogP contribution is -2.37. The van der Waals surface area contributed by atoms with Crippen LogP contribution in [0.25, 0.3) is 0 Å². The maximum absolute atomic E-state index is 5.69. The second-order valence-electron chi connectivity index (χ2n) is 4.14. The summed E-state index contributed by atoms with van der Waals surface area (Å²) >= 11 is 0. The van der Waals surface area contributed by atoms with Crippen molar-refractivity contribution in [1.82, 2.24) is 0 Å². The van der Waals surface area contributed by atoms with Crippen LogP contribution < -0.4 is 0 Å². The van der Waals surface area contributed by atoms with Crippen molar-refractivity contribution in [1.29, 1.82) is 0 Å². The third-order valence-corrected chi connectivity index (χ3v) is 3.21. The van der Waals surface area contributed by atoms with Gasteiger partial charge < -0.3 is 9.47 Å². The molecule has 2 heteroatoms. The van der Waals surface area contributed by atoms with Crippen LogP contribution in [0.2, 0.25) is 0 Å². The molecule has 0 radical (unpaired) electrons. The first-order valence-electron chi connectivity index (χ1n) is 5.17. The Bertz CT molecular complexity index is 214. The van der Waals surface area contributed by atoms with Gasteiger partial charge in [-0.3, -0.25) is 0 Å². The molecule has 0 spiro atoms. The average molecular weight is 182 g/mol. The number of ether oxygens (including phenoxy) is 2. The lowest BCUT2D eigenvalue weighted by Gasteiger charge is -2.35. The Morgan fingerprint density at radius 2 is 2.08 bits per heavy atom. The van der Waals surface area contributed by atoms with E-state index in [0.717, 1.165) is 13.2 Å². The minimum absolute atomic E-state index is 0.332. The van der Waals surface area contributed by atoms with Gasteiger partial charge in [0.05, 0.1) is 13.2 Å². The van der Waals surface area contributed by atoms with E-state index in [0.29, 0.717) is 5.92 Å². The van der Waals surface area contributed by atoms with Gasteiger partial charge in [-0.05, 0) is 33.1 Å². The molecule has 1 fully saturated rings. The molecule has 2 nitrogen and oxygen atoms in total. The van der Waals surface area contributed by atoms with Crippen molar-refractivity contribution in [2.75, 3.05) is 13.2 Å². The molecule has 74 valence electrons. The largest absolute Gasteiger partial charge is 0.347 e. The van der Waals surface area contributed by atoms with Crippen molar-refractivity contribution in [2.24, 2.45) is 5.92 Å². The van der Waals surface area contributed by atoms with E-state index in [4.69, 9.17) is 9.47 Å². The molecule has 0 N–H and O–H groups in total. The van der Waals surface area contributed by atoms with E-state index in [1.807, 2.05) is 0 Å². The topological polar surface area (TPSA) is 18.5 Å². The van der Waals surface area contributed by atoms with E-state index < -0.39 is 0 Å². The minimum atomic E-state index is -0.332. The Labute approximate surface area is 79.9 Å². The first-order valence-corrected chi connectivity index (χ1v) is 5.17. The first-order chi connectivity index (χ1) is 6.22. The third-order valence-electron chi connectivity index (χ3n) is 3.21. The van der Waals surface area contributed by atoms with Crippen LogP contribution in [0.3, 0.4) is 0 Å². The quantitative estimate of drug-likeness (QED) is 0.580. The fourth-order valence-corrected chi connectivity index (χ4v) is 2.43. The maximum Gasteiger partial charge on any atom is 0.172 e.